The molecule has 4 heterocycles. The zero-order chi connectivity index (χ0) is 52.6. The van der Waals surface area contributed by atoms with Gasteiger partial charge in [0.15, 0.2) is 11.6 Å². The molecule has 76 heavy (non-hydrogen) atoms. The maximum absolute atomic E-state index is 13.2. The lowest BCUT2D eigenvalue weighted by Crippen LogP contribution is -2.39. The average molecular weight is 1060 g/mol. The Labute approximate surface area is 455 Å². The molecule has 0 unspecified atom stereocenters. The van der Waals surface area contributed by atoms with Gasteiger partial charge in [-0.15, -0.1) is 0 Å². The summed E-state index contributed by atoms with van der Waals surface area (Å²) in [5, 5.41) is 6.55. The molecule has 0 radical (unpaired) electrons. The largest absolute Gasteiger partial charge is 0.372 e. The maximum atomic E-state index is 13.2. The fourth-order valence-electron chi connectivity index (χ4n) is 12.6. The molecule has 0 spiro atoms. The van der Waals surface area contributed by atoms with E-state index < -0.39 is 0 Å². The summed E-state index contributed by atoms with van der Waals surface area (Å²) in [7, 11) is 0. The average Bonchev–Trinajstić information content (AvgIpc) is 3.48. The van der Waals surface area contributed by atoms with Crippen LogP contribution in [-0.2, 0) is 0 Å². The predicted molar refractivity (Wildman–Crippen MR) is 304 cm³/mol. The van der Waals surface area contributed by atoms with Crippen molar-refractivity contribution in [1.29, 1.82) is 0 Å². The van der Waals surface area contributed by atoms with Gasteiger partial charge in [-0.1, -0.05) is 0 Å². The van der Waals surface area contributed by atoms with Gasteiger partial charge in [0.05, 0.1) is 0 Å². The van der Waals surface area contributed by atoms with Crippen LogP contribution in [-0.4, -0.2) is 122 Å². The van der Waals surface area contributed by atoms with Crippen LogP contribution in [0.15, 0.2) is 97.1 Å². The molecule has 13 heteroatoms. The number of benzene rings is 4. The van der Waals surface area contributed by atoms with Crippen LogP contribution in [0.25, 0.3) is 0 Å². The van der Waals surface area contributed by atoms with Gasteiger partial charge in [-0.25, -0.2) is 8.78 Å². The minimum absolute atomic E-state index is 0.0484. The van der Waals surface area contributed by atoms with Crippen molar-refractivity contribution in [2.24, 2.45) is 23.7 Å². The van der Waals surface area contributed by atoms with Crippen LogP contribution in [0.5, 0.6) is 0 Å². The zero-order valence-electron chi connectivity index (χ0n) is 44.8. The molecular weight excluding hydrogens is 975 g/mol. The molecule has 4 aliphatic heterocycles. The summed E-state index contributed by atoms with van der Waals surface area (Å²) in [6, 6.07) is 28.7. The van der Waals surface area contributed by atoms with Gasteiger partial charge in [0, 0.05) is 95.2 Å². The summed E-state index contributed by atoms with van der Waals surface area (Å²) in [5.41, 5.74) is 5.21. The summed E-state index contributed by atoms with van der Waals surface area (Å²) >= 11 is 2.00. The molecule has 4 aromatic carbocycles. The summed E-state index contributed by atoms with van der Waals surface area (Å²) in [6.07, 6.45) is 18.6. The third-order valence-corrected chi connectivity index (χ3v) is 18.5. The Balaban J connectivity index is 0.000000186. The molecule has 0 aromatic heterocycles. The van der Waals surface area contributed by atoms with Crippen LogP contribution in [0.2, 0.25) is 0 Å². The molecule has 2 N–H and O–H groups in total. The molecule has 2 aliphatic carbocycles. The highest BCUT2D eigenvalue weighted by Gasteiger charge is 2.30. The first-order valence-corrected chi connectivity index (χ1v) is 30.2. The van der Waals surface area contributed by atoms with Gasteiger partial charge in [0.2, 0.25) is 0 Å². The molecule has 0 bridgehead atoms. The molecule has 6 aliphatic rings. The topological polar surface area (TPSA) is 105 Å². The van der Waals surface area contributed by atoms with Crippen LogP contribution in [0.1, 0.15) is 151 Å². The molecule has 10 rings (SSSR count). The summed E-state index contributed by atoms with van der Waals surface area (Å²) in [5.74, 6) is 3.68. The minimum atomic E-state index is -0.301. The first kappa shape index (κ1) is 55.6. The summed E-state index contributed by atoms with van der Waals surface area (Å²) in [4.78, 5) is 60.9. The second-order valence-corrected chi connectivity index (χ2v) is 23.9. The predicted octanol–water partition coefficient (Wildman–Crippen LogP) is 11.7. The van der Waals surface area contributed by atoms with E-state index in [0.717, 1.165) is 141 Å². The van der Waals surface area contributed by atoms with Gasteiger partial charge < -0.3 is 30.2 Å². The quantitative estimate of drug-likeness (QED) is 0.106. The van der Waals surface area contributed by atoms with E-state index in [1.165, 1.54) is 92.1 Å². The van der Waals surface area contributed by atoms with E-state index in [2.05, 4.69) is 54.5 Å². The number of thioether (sulfide) groups is 1. The normalized spacial score (nSPS) is 23.2. The van der Waals surface area contributed by atoms with Gasteiger partial charge in [-0.2, -0.15) is 11.8 Å². The number of carbonyl (C=O) groups is 4. The molecule has 2 saturated carbocycles. The van der Waals surface area contributed by atoms with Crippen LogP contribution in [0, 0.1) is 35.3 Å². The molecule has 6 fully saturated rings. The van der Waals surface area contributed by atoms with Gasteiger partial charge in [0.25, 0.3) is 11.8 Å². The zero-order valence-corrected chi connectivity index (χ0v) is 45.6. The Morgan fingerprint density at radius 1 is 0.421 bits per heavy atom. The number of hydrogen-bond donors (Lipinski definition) is 2. The molecule has 0 atom stereocenters. The van der Waals surface area contributed by atoms with E-state index in [1.54, 1.807) is 24.3 Å². The number of ketones is 2. The van der Waals surface area contributed by atoms with E-state index in [4.69, 9.17) is 0 Å². The third kappa shape index (κ3) is 16.0. The second kappa shape index (κ2) is 28.0. The van der Waals surface area contributed by atoms with Crippen molar-refractivity contribution < 1.29 is 28.0 Å². The Morgan fingerprint density at radius 2 is 0.776 bits per heavy atom. The molecular formula is C63H82F2N6O4S. The third-order valence-electron chi connectivity index (χ3n) is 17.6. The Hall–Kier alpha value is -5.11. The first-order chi connectivity index (χ1) is 37.1. The Bertz CT molecular complexity index is 2280. The molecule has 2 amide bonds. The van der Waals surface area contributed by atoms with Crippen molar-refractivity contribution in [3.05, 3.63) is 131 Å². The lowest BCUT2D eigenvalue weighted by molar-refractivity contribution is 0.0824. The van der Waals surface area contributed by atoms with E-state index in [9.17, 15) is 28.0 Å². The van der Waals surface area contributed by atoms with E-state index >= 15 is 0 Å². The first-order valence-electron chi connectivity index (χ1n) is 29.0. The molecule has 4 saturated heterocycles. The number of likely N-dealkylation sites (tertiary alicyclic amines) is 2. The second-order valence-electron chi connectivity index (χ2n) is 22.7. The van der Waals surface area contributed by atoms with Gasteiger partial charge in [0.1, 0.15) is 11.6 Å². The van der Waals surface area contributed by atoms with Gasteiger partial charge in [-0.3, -0.25) is 19.2 Å². The van der Waals surface area contributed by atoms with Crippen molar-refractivity contribution >= 4 is 46.5 Å². The monoisotopic (exact) mass is 1060 g/mol. The highest BCUT2D eigenvalue weighted by Crippen LogP contribution is 2.32. The highest BCUT2D eigenvalue weighted by atomic mass is 32.2. The number of carbonyl (C=O) groups excluding carboxylic acids is 4. The molecule has 408 valence electrons. The molecule has 10 nitrogen and oxygen atoms in total. The van der Waals surface area contributed by atoms with Gasteiger partial charge in [-0.05, 0) is 257 Å². The number of hydrogen-bond acceptors (Lipinski definition) is 9. The fraction of sp³-hybridized carbons (Fsp3) is 0.556. The number of nitrogens with zero attached hydrogens (tertiary/aromatic N) is 4. The van der Waals surface area contributed by atoms with Crippen LogP contribution in [0.4, 0.5) is 20.2 Å². The van der Waals surface area contributed by atoms with Crippen LogP contribution in [0.3, 0.4) is 0 Å². The lowest BCUT2D eigenvalue weighted by Gasteiger charge is -2.34. The van der Waals surface area contributed by atoms with Gasteiger partial charge >= 0.3 is 0 Å². The Morgan fingerprint density at radius 3 is 1.16 bits per heavy atom. The summed E-state index contributed by atoms with van der Waals surface area (Å²) < 4.78 is 26.3. The number of Topliss-reactive ketones (excluding diaryl/α,β-unsaturated/α-hetero) is 2. The van der Waals surface area contributed by atoms with E-state index in [-0.39, 0.29) is 58.9 Å². The van der Waals surface area contributed by atoms with E-state index in [0.29, 0.717) is 23.0 Å². The molecule has 4 aromatic rings. The lowest BCUT2D eigenvalue weighted by atomic mass is 9.83. The number of halogens is 2. The number of anilines is 2. The van der Waals surface area contributed by atoms with Crippen LogP contribution < -0.4 is 20.4 Å². The van der Waals surface area contributed by atoms with Crippen molar-refractivity contribution in [2.75, 3.05) is 86.8 Å². The summed E-state index contributed by atoms with van der Waals surface area (Å²) in [6.45, 7) is 10.4. The number of nitrogens with one attached hydrogen (secondary N) is 2. The van der Waals surface area contributed by atoms with Crippen LogP contribution >= 0.6 is 11.8 Å². The van der Waals surface area contributed by atoms with Crippen molar-refractivity contribution in [1.82, 2.24) is 20.4 Å². The smallest absolute Gasteiger partial charge is 0.251 e. The van der Waals surface area contributed by atoms with E-state index in [1.807, 2.05) is 36.0 Å². The Kier molecular flexibility index (Phi) is 20.5. The number of rotatable bonds is 16. The minimum Gasteiger partial charge on any atom is -0.372 e. The number of piperidine rings is 3. The van der Waals surface area contributed by atoms with Crippen molar-refractivity contribution in [2.45, 2.75) is 121 Å². The number of amides is 2. The fourth-order valence-corrected chi connectivity index (χ4v) is 13.5. The SMILES string of the molecule is O=C(NC1CCC(CCN2CCC(C(=O)c3ccc(F)cc3)CC2)CC1)c1ccc(N2CCCCC2)cc1.O=C(NC1CCC(CCN2CCC(C(=O)c3ccc(F)cc3)CC2)CC1)c1ccc(N2CCSCC2)cc1. The maximum Gasteiger partial charge on any atom is 0.251 e. The standard InChI is InChI=1S/C32H42FN3O2.C31H40FN3O2S/c33-28-10-6-25(7-11-28)31(37)26-17-22-35(23-18-26)21-16-24-4-12-29(13-5-24)34-32(38)27-8-14-30(15-9-27)36-19-2-1-3-20-36;32-27-7-3-24(4-8-27)30(36)25-14-17-34(18-15-25)16-13-23-1-9-28(10-2-23)33-31(37)26-5-11-29(12-6-26)35-19-21-38-22-20-35/h6-11,14-15,24,26,29H,1-5,12-13,16-23H2,(H,34,38);3-8,11-12,23,25,28H,1-2,9-10,13-22H2,(H,33,37). The highest BCUT2D eigenvalue weighted by molar-refractivity contribution is 7.99. The van der Waals surface area contributed by atoms with Crippen molar-refractivity contribution in [3.63, 3.8) is 0 Å². The van der Waals surface area contributed by atoms with Crippen molar-refractivity contribution in [3.8, 4) is 0 Å².